The Balaban J connectivity index is 2.63. The van der Waals surface area contributed by atoms with Crippen molar-refractivity contribution in [2.24, 2.45) is 0 Å². The second-order valence-corrected chi connectivity index (χ2v) is 7.24. The van der Waals surface area contributed by atoms with Gasteiger partial charge in [-0.1, -0.05) is 11.8 Å². The standard InChI is InChI=1S/C8H13N3O2S3/c1-14-8-10-6(9)5-7(11-8)15-3-4-16(2,12)13/h5H,3-4H2,1-2H3,(H2,9,10,11). The maximum absolute atomic E-state index is 10.9. The van der Waals surface area contributed by atoms with E-state index in [9.17, 15) is 8.42 Å². The predicted molar refractivity (Wildman–Crippen MR) is 68.7 cm³/mol. The first-order valence-electron chi connectivity index (χ1n) is 4.40. The molecular weight excluding hydrogens is 266 g/mol. The second kappa shape index (κ2) is 5.74. The Bertz CT molecular complexity index is 462. The second-order valence-electron chi connectivity index (χ2n) is 3.10. The monoisotopic (exact) mass is 279 g/mol. The van der Waals surface area contributed by atoms with Crippen LogP contribution < -0.4 is 5.73 Å². The van der Waals surface area contributed by atoms with Crippen molar-refractivity contribution in [1.82, 2.24) is 9.97 Å². The highest BCUT2D eigenvalue weighted by Gasteiger charge is 2.05. The van der Waals surface area contributed by atoms with Gasteiger partial charge in [0.15, 0.2) is 5.16 Å². The lowest BCUT2D eigenvalue weighted by molar-refractivity contribution is 0.603. The normalized spacial score (nSPS) is 11.6. The highest BCUT2D eigenvalue weighted by molar-refractivity contribution is 8.00. The molecule has 0 aliphatic carbocycles. The zero-order valence-electron chi connectivity index (χ0n) is 9.00. The van der Waals surface area contributed by atoms with Crippen LogP contribution in [0.5, 0.6) is 0 Å². The maximum atomic E-state index is 10.9. The van der Waals surface area contributed by atoms with Crippen molar-refractivity contribution in [2.45, 2.75) is 10.2 Å². The summed E-state index contributed by atoms with van der Waals surface area (Å²) in [6, 6.07) is 1.65. The molecule has 8 heteroatoms. The van der Waals surface area contributed by atoms with Gasteiger partial charge in [-0.2, -0.15) is 0 Å². The molecule has 90 valence electrons. The first kappa shape index (κ1) is 13.6. The number of hydrogen-bond acceptors (Lipinski definition) is 7. The summed E-state index contributed by atoms with van der Waals surface area (Å²) in [5, 5.41) is 1.31. The fourth-order valence-electron chi connectivity index (χ4n) is 0.884. The van der Waals surface area contributed by atoms with Gasteiger partial charge >= 0.3 is 0 Å². The minimum Gasteiger partial charge on any atom is -0.384 e. The van der Waals surface area contributed by atoms with Gasteiger partial charge in [0.1, 0.15) is 20.7 Å². The van der Waals surface area contributed by atoms with Gasteiger partial charge in [0.05, 0.1) is 5.75 Å². The molecule has 0 aliphatic heterocycles. The van der Waals surface area contributed by atoms with Crippen LogP contribution in [-0.4, -0.2) is 42.4 Å². The summed E-state index contributed by atoms with van der Waals surface area (Å²) in [7, 11) is -2.92. The summed E-state index contributed by atoms with van der Waals surface area (Å²) in [4.78, 5) is 8.22. The van der Waals surface area contributed by atoms with E-state index in [-0.39, 0.29) is 5.75 Å². The molecule has 1 aromatic rings. The van der Waals surface area contributed by atoms with Crippen LogP contribution in [0.15, 0.2) is 16.2 Å². The van der Waals surface area contributed by atoms with Crippen molar-refractivity contribution in [3.63, 3.8) is 0 Å². The number of nitrogens with two attached hydrogens (primary N) is 1. The zero-order chi connectivity index (χ0) is 12.2. The maximum Gasteiger partial charge on any atom is 0.190 e. The number of sulfone groups is 1. The molecule has 1 rings (SSSR count). The summed E-state index contributed by atoms with van der Waals surface area (Å²) >= 11 is 2.77. The van der Waals surface area contributed by atoms with E-state index in [1.165, 1.54) is 29.8 Å². The molecule has 0 saturated heterocycles. The molecule has 0 spiro atoms. The lowest BCUT2D eigenvalue weighted by Gasteiger charge is -2.03. The molecule has 0 amide bonds. The Morgan fingerprint density at radius 2 is 2.12 bits per heavy atom. The Kier molecular flexibility index (Phi) is 4.88. The van der Waals surface area contributed by atoms with Crippen LogP contribution in [0, 0.1) is 0 Å². The quantitative estimate of drug-likeness (QED) is 0.487. The molecular formula is C8H13N3O2S3. The van der Waals surface area contributed by atoms with Gasteiger partial charge in [-0.05, 0) is 6.26 Å². The number of aromatic nitrogens is 2. The van der Waals surface area contributed by atoms with E-state index >= 15 is 0 Å². The van der Waals surface area contributed by atoms with E-state index in [1.54, 1.807) is 6.07 Å². The molecule has 5 nitrogen and oxygen atoms in total. The molecule has 0 bridgehead atoms. The molecule has 0 radical (unpaired) electrons. The third-order valence-electron chi connectivity index (χ3n) is 1.59. The smallest absolute Gasteiger partial charge is 0.190 e. The summed E-state index contributed by atoms with van der Waals surface area (Å²) in [6.45, 7) is 0. The molecule has 0 saturated carbocycles. The Labute approximate surface area is 104 Å². The molecule has 0 atom stereocenters. The van der Waals surface area contributed by atoms with Crippen LogP contribution in [0.3, 0.4) is 0 Å². The van der Waals surface area contributed by atoms with Gasteiger partial charge in [-0.15, -0.1) is 11.8 Å². The minimum absolute atomic E-state index is 0.135. The van der Waals surface area contributed by atoms with Crippen molar-refractivity contribution in [1.29, 1.82) is 0 Å². The van der Waals surface area contributed by atoms with E-state index in [2.05, 4.69) is 9.97 Å². The largest absolute Gasteiger partial charge is 0.384 e. The van der Waals surface area contributed by atoms with E-state index < -0.39 is 9.84 Å². The van der Waals surface area contributed by atoms with Crippen molar-refractivity contribution < 1.29 is 8.42 Å². The topological polar surface area (TPSA) is 85.9 Å². The highest BCUT2D eigenvalue weighted by atomic mass is 32.2. The third kappa shape index (κ3) is 5.04. The highest BCUT2D eigenvalue weighted by Crippen LogP contribution is 2.20. The Morgan fingerprint density at radius 3 is 2.69 bits per heavy atom. The number of rotatable bonds is 5. The zero-order valence-corrected chi connectivity index (χ0v) is 11.5. The first-order chi connectivity index (χ1) is 7.40. The van der Waals surface area contributed by atoms with Gasteiger partial charge in [0, 0.05) is 18.1 Å². The van der Waals surface area contributed by atoms with E-state index in [0.29, 0.717) is 21.8 Å². The number of anilines is 1. The van der Waals surface area contributed by atoms with Crippen molar-refractivity contribution in [3.05, 3.63) is 6.07 Å². The average Bonchev–Trinajstić information content (AvgIpc) is 2.14. The van der Waals surface area contributed by atoms with Gasteiger partial charge in [-0.25, -0.2) is 18.4 Å². The number of nitrogens with zero attached hydrogens (tertiary/aromatic N) is 2. The van der Waals surface area contributed by atoms with Crippen molar-refractivity contribution >= 4 is 39.2 Å². The van der Waals surface area contributed by atoms with Gasteiger partial charge < -0.3 is 5.73 Å². The van der Waals surface area contributed by atoms with Crippen LogP contribution in [-0.2, 0) is 9.84 Å². The van der Waals surface area contributed by atoms with Crippen LogP contribution >= 0.6 is 23.5 Å². The molecule has 1 aromatic heterocycles. The fourth-order valence-corrected chi connectivity index (χ4v) is 3.44. The molecule has 0 fully saturated rings. The number of thioether (sulfide) groups is 2. The SMILES string of the molecule is CSc1nc(N)cc(SCCS(C)(=O)=O)n1. The average molecular weight is 279 g/mol. The molecule has 1 heterocycles. The van der Waals surface area contributed by atoms with E-state index in [0.717, 1.165) is 0 Å². The first-order valence-corrected chi connectivity index (χ1v) is 8.67. The Morgan fingerprint density at radius 1 is 1.44 bits per heavy atom. The van der Waals surface area contributed by atoms with E-state index in [4.69, 9.17) is 5.73 Å². The minimum atomic E-state index is -2.92. The van der Waals surface area contributed by atoms with Crippen LogP contribution in [0.2, 0.25) is 0 Å². The molecule has 0 aromatic carbocycles. The summed E-state index contributed by atoms with van der Waals surface area (Å²) in [6.07, 6.45) is 3.08. The van der Waals surface area contributed by atoms with Crippen LogP contribution in [0.25, 0.3) is 0 Å². The van der Waals surface area contributed by atoms with Crippen molar-refractivity contribution in [3.8, 4) is 0 Å². The van der Waals surface area contributed by atoms with E-state index in [1.807, 2.05) is 6.26 Å². The summed E-state index contributed by atoms with van der Waals surface area (Å²) in [5.74, 6) is 1.01. The van der Waals surface area contributed by atoms with Gasteiger partial charge in [-0.3, -0.25) is 0 Å². The summed E-state index contributed by atoms with van der Waals surface area (Å²) < 4.78 is 21.9. The Hall–Kier alpha value is -0.470. The number of nitrogen functional groups attached to an aromatic ring is 1. The van der Waals surface area contributed by atoms with Gasteiger partial charge in [0.2, 0.25) is 0 Å². The van der Waals surface area contributed by atoms with Crippen LogP contribution in [0.4, 0.5) is 5.82 Å². The molecule has 2 N–H and O–H groups in total. The molecule has 0 unspecified atom stereocenters. The fraction of sp³-hybridized carbons (Fsp3) is 0.500. The lowest BCUT2D eigenvalue weighted by Crippen LogP contribution is -2.05. The summed E-state index contributed by atoms with van der Waals surface area (Å²) in [5.41, 5.74) is 5.60. The van der Waals surface area contributed by atoms with Crippen LogP contribution in [0.1, 0.15) is 0 Å². The molecule has 16 heavy (non-hydrogen) atoms. The third-order valence-corrected chi connectivity index (χ3v) is 4.25. The van der Waals surface area contributed by atoms with Gasteiger partial charge in [0.25, 0.3) is 0 Å². The van der Waals surface area contributed by atoms with Crippen molar-refractivity contribution in [2.75, 3.05) is 29.8 Å². The molecule has 0 aliphatic rings. The number of hydrogen-bond donors (Lipinski definition) is 1. The predicted octanol–water partition coefficient (Wildman–Crippen LogP) is 0.917. The lowest BCUT2D eigenvalue weighted by atomic mass is 10.6.